The molecular formula is C13H12N4S2. The molecule has 0 saturated carbocycles. The lowest BCUT2D eigenvalue weighted by Gasteiger charge is -2.05. The Labute approximate surface area is 121 Å². The first-order valence-corrected chi connectivity index (χ1v) is 7.67. The molecule has 96 valence electrons. The van der Waals surface area contributed by atoms with Gasteiger partial charge in [0.15, 0.2) is 5.69 Å². The van der Waals surface area contributed by atoms with E-state index in [1.807, 2.05) is 25.1 Å². The van der Waals surface area contributed by atoms with Crippen LogP contribution in [0.4, 0.5) is 0 Å². The Hall–Kier alpha value is -1.68. The van der Waals surface area contributed by atoms with Crippen molar-refractivity contribution >= 4 is 23.5 Å². The topological polar surface area (TPSA) is 84.3 Å². The van der Waals surface area contributed by atoms with Crippen LogP contribution in [0.1, 0.15) is 19.0 Å². The van der Waals surface area contributed by atoms with Crippen LogP contribution < -0.4 is 0 Å². The van der Waals surface area contributed by atoms with Crippen molar-refractivity contribution in [1.29, 1.82) is 15.8 Å². The molecule has 0 fully saturated rings. The molecule has 0 unspecified atom stereocenters. The predicted molar refractivity (Wildman–Crippen MR) is 75.4 cm³/mol. The number of aromatic nitrogens is 1. The van der Waals surface area contributed by atoms with E-state index in [9.17, 15) is 0 Å². The Balaban J connectivity index is 2.66. The molecule has 0 spiro atoms. The lowest BCUT2D eigenvalue weighted by atomic mass is 10.1. The molecule has 0 amide bonds. The smallest absolute Gasteiger partial charge is 0.154 e. The average molecular weight is 288 g/mol. The van der Waals surface area contributed by atoms with E-state index in [2.05, 4.69) is 11.1 Å². The summed E-state index contributed by atoms with van der Waals surface area (Å²) in [6.45, 7) is 2.02. The van der Waals surface area contributed by atoms with Gasteiger partial charge in [0, 0.05) is 21.7 Å². The van der Waals surface area contributed by atoms with Gasteiger partial charge in [0.1, 0.15) is 12.0 Å². The van der Waals surface area contributed by atoms with Gasteiger partial charge in [-0.05, 0) is 18.2 Å². The minimum atomic E-state index is -0.552. The highest BCUT2D eigenvalue weighted by atomic mass is 32.2. The molecule has 0 radical (unpaired) electrons. The zero-order valence-corrected chi connectivity index (χ0v) is 12.1. The number of thioether (sulfide) groups is 2. The van der Waals surface area contributed by atoms with Crippen LogP contribution in [0.25, 0.3) is 0 Å². The number of nitrogens with zero attached hydrogens (tertiary/aromatic N) is 4. The van der Waals surface area contributed by atoms with E-state index >= 15 is 0 Å². The van der Waals surface area contributed by atoms with Crippen molar-refractivity contribution < 1.29 is 0 Å². The van der Waals surface area contributed by atoms with Gasteiger partial charge in [-0.15, -0.1) is 23.5 Å². The Morgan fingerprint density at radius 2 is 2.00 bits per heavy atom. The maximum absolute atomic E-state index is 8.94. The van der Waals surface area contributed by atoms with Gasteiger partial charge in [-0.1, -0.05) is 6.92 Å². The lowest BCUT2D eigenvalue weighted by molar-refractivity contribution is 0.811. The van der Waals surface area contributed by atoms with Gasteiger partial charge in [-0.3, -0.25) is 0 Å². The van der Waals surface area contributed by atoms with E-state index in [1.165, 1.54) is 0 Å². The summed E-state index contributed by atoms with van der Waals surface area (Å²) in [5.41, 5.74) is 0.447. The maximum atomic E-state index is 8.94. The number of pyridine rings is 1. The van der Waals surface area contributed by atoms with Crippen LogP contribution in [0.15, 0.2) is 22.1 Å². The number of hydrogen-bond donors (Lipinski definition) is 0. The largest absolute Gasteiger partial charge is 0.243 e. The first-order chi connectivity index (χ1) is 9.24. The van der Waals surface area contributed by atoms with Crippen molar-refractivity contribution in [3.8, 4) is 18.2 Å². The van der Waals surface area contributed by atoms with Gasteiger partial charge in [-0.25, -0.2) is 4.98 Å². The van der Waals surface area contributed by atoms with E-state index in [-0.39, 0.29) is 0 Å². The number of nitriles is 3. The molecule has 1 rings (SSSR count). The second-order valence-electron chi connectivity index (χ2n) is 3.51. The fraction of sp³-hybridized carbons (Fsp3) is 0.385. The average Bonchev–Trinajstić information content (AvgIpc) is 2.44. The summed E-state index contributed by atoms with van der Waals surface area (Å²) in [5.74, 6) is 1.02. The summed E-state index contributed by atoms with van der Waals surface area (Å²) in [4.78, 5) is 5.97. The normalized spacial score (nSPS) is 9.63. The van der Waals surface area contributed by atoms with Crippen LogP contribution in [0.5, 0.6) is 0 Å². The summed E-state index contributed by atoms with van der Waals surface area (Å²) in [6, 6.07) is 7.92. The standard InChI is InChI=1S/C13H12N4S2/c1-2-18-13-5-11(9-17-12(13)8-16)19-4-3-10(6-14)7-15/h5,9-10H,2-4H2,1H3. The van der Waals surface area contributed by atoms with E-state index in [0.29, 0.717) is 17.9 Å². The molecule has 0 N–H and O–H groups in total. The molecule has 0 atom stereocenters. The molecular weight excluding hydrogens is 276 g/mol. The van der Waals surface area contributed by atoms with Crippen LogP contribution >= 0.6 is 23.5 Å². The van der Waals surface area contributed by atoms with Gasteiger partial charge in [0.05, 0.1) is 12.1 Å². The van der Waals surface area contributed by atoms with Crippen LogP contribution in [-0.4, -0.2) is 16.5 Å². The van der Waals surface area contributed by atoms with Gasteiger partial charge in [0.2, 0.25) is 0 Å². The highest BCUT2D eigenvalue weighted by Gasteiger charge is 2.08. The molecule has 1 aromatic heterocycles. The monoisotopic (exact) mass is 288 g/mol. The van der Waals surface area contributed by atoms with E-state index in [0.717, 1.165) is 15.5 Å². The van der Waals surface area contributed by atoms with Crippen molar-refractivity contribution in [2.24, 2.45) is 5.92 Å². The molecule has 0 aliphatic heterocycles. The third kappa shape index (κ3) is 4.83. The van der Waals surface area contributed by atoms with Gasteiger partial charge in [-0.2, -0.15) is 15.8 Å². The first-order valence-electron chi connectivity index (χ1n) is 5.70. The third-order valence-corrected chi connectivity index (χ3v) is 4.13. The number of hydrogen-bond acceptors (Lipinski definition) is 6. The molecule has 1 aromatic rings. The number of rotatable bonds is 6. The van der Waals surface area contributed by atoms with E-state index in [4.69, 9.17) is 15.8 Å². The van der Waals surface area contributed by atoms with Gasteiger partial charge >= 0.3 is 0 Å². The molecule has 6 heteroatoms. The summed E-state index contributed by atoms with van der Waals surface area (Å²) in [6.07, 6.45) is 2.20. The predicted octanol–water partition coefficient (Wildman–Crippen LogP) is 3.21. The molecule has 0 bridgehead atoms. The molecule has 0 aliphatic carbocycles. The van der Waals surface area contributed by atoms with E-state index in [1.54, 1.807) is 29.7 Å². The highest BCUT2D eigenvalue weighted by molar-refractivity contribution is 8.00. The Bertz CT molecular complexity index is 537. The first kappa shape index (κ1) is 15.4. The van der Waals surface area contributed by atoms with Crippen LogP contribution in [0, 0.1) is 39.9 Å². The molecule has 4 nitrogen and oxygen atoms in total. The quantitative estimate of drug-likeness (QED) is 0.747. The van der Waals surface area contributed by atoms with Crippen LogP contribution in [0.3, 0.4) is 0 Å². The summed E-state index contributed by atoms with van der Waals surface area (Å²) >= 11 is 3.14. The van der Waals surface area contributed by atoms with Crippen molar-refractivity contribution in [1.82, 2.24) is 4.98 Å². The summed E-state index contributed by atoms with van der Waals surface area (Å²) in [7, 11) is 0. The summed E-state index contributed by atoms with van der Waals surface area (Å²) < 4.78 is 0. The fourth-order valence-electron chi connectivity index (χ4n) is 1.31. The second-order valence-corrected chi connectivity index (χ2v) is 5.98. The van der Waals surface area contributed by atoms with Crippen molar-refractivity contribution in [3.05, 3.63) is 18.0 Å². The summed E-state index contributed by atoms with van der Waals surface area (Å²) in [5, 5.41) is 26.3. The highest BCUT2D eigenvalue weighted by Crippen LogP contribution is 2.27. The van der Waals surface area contributed by atoms with Gasteiger partial charge < -0.3 is 0 Å². The van der Waals surface area contributed by atoms with Gasteiger partial charge in [0.25, 0.3) is 0 Å². The lowest BCUT2D eigenvalue weighted by Crippen LogP contribution is -1.95. The van der Waals surface area contributed by atoms with Crippen molar-refractivity contribution in [3.63, 3.8) is 0 Å². The van der Waals surface area contributed by atoms with Crippen LogP contribution in [0.2, 0.25) is 0 Å². The molecule has 0 aliphatic rings. The molecule has 0 saturated heterocycles. The third-order valence-electron chi connectivity index (χ3n) is 2.22. The SMILES string of the molecule is CCSc1cc(SCCC(C#N)C#N)cnc1C#N. The fourth-order valence-corrected chi connectivity index (χ4v) is 3.06. The van der Waals surface area contributed by atoms with Crippen molar-refractivity contribution in [2.45, 2.75) is 23.1 Å². The molecule has 19 heavy (non-hydrogen) atoms. The maximum Gasteiger partial charge on any atom is 0.154 e. The van der Waals surface area contributed by atoms with E-state index < -0.39 is 5.92 Å². The zero-order chi connectivity index (χ0) is 14.1. The second kappa shape index (κ2) is 8.43. The minimum absolute atomic E-state index is 0.447. The molecule has 0 aromatic carbocycles. The Morgan fingerprint density at radius 3 is 2.58 bits per heavy atom. The zero-order valence-electron chi connectivity index (χ0n) is 10.5. The van der Waals surface area contributed by atoms with Crippen LogP contribution in [-0.2, 0) is 0 Å². The Kier molecular flexibility index (Phi) is 6.82. The Morgan fingerprint density at radius 1 is 1.26 bits per heavy atom. The molecule has 1 heterocycles. The van der Waals surface area contributed by atoms with Crippen molar-refractivity contribution in [2.75, 3.05) is 11.5 Å². The minimum Gasteiger partial charge on any atom is -0.243 e.